The van der Waals surface area contributed by atoms with Gasteiger partial charge in [0, 0.05) is 55.4 Å². The zero-order valence-electron chi connectivity index (χ0n) is 36.2. The number of thiophene rings is 1. The summed E-state index contributed by atoms with van der Waals surface area (Å²) in [6.07, 6.45) is 1.01. The lowest BCUT2D eigenvalue weighted by molar-refractivity contribution is 0.414. The van der Waals surface area contributed by atoms with Gasteiger partial charge >= 0.3 is 0 Å². The average molecular weight is 819 g/mol. The first-order valence-electron chi connectivity index (χ1n) is 21.1. The number of ether oxygens (including phenoxy) is 2. The Labute approximate surface area is 366 Å². The number of benzene rings is 7. The quantitative estimate of drug-likeness (QED) is 0.116. The molecule has 0 radical (unpaired) electrons. The summed E-state index contributed by atoms with van der Waals surface area (Å²) in [6, 6.07) is 65.8. The Balaban J connectivity index is 1.23. The number of anilines is 5. The van der Waals surface area contributed by atoms with Gasteiger partial charge in [0.05, 0.1) is 14.2 Å². The molecule has 0 spiro atoms. The van der Waals surface area contributed by atoms with Crippen molar-refractivity contribution in [2.75, 3.05) is 24.0 Å². The zero-order chi connectivity index (χ0) is 42.5. The van der Waals surface area contributed by atoms with E-state index in [9.17, 15) is 0 Å². The maximum atomic E-state index is 5.57. The standard InChI is InChI=1S/C56H54N2O2S/c1-8-39(2)57(46-31-35-50(59-6)36-32-46)45-27-29-48(30-28-45)58(49-33-37-51(60-7)38-34-49)47-25-21-43(22-26-47)55-53(41-17-13-10-14-18-41)52(40-15-11-9-12-16-40)54(61-55)42-19-23-44(24-20-42)56(3,4)5/h9-39H,8H2,1-7H3. The molecule has 0 aliphatic heterocycles. The maximum Gasteiger partial charge on any atom is 0.119 e. The first kappa shape index (κ1) is 41.2. The van der Waals surface area contributed by atoms with Crippen LogP contribution in [0.25, 0.3) is 43.1 Å². The Hall–Kier alpha value is -6.56. The third-order valence-corrected chi connectivity index (χ3v) is 12.8. The molecule has 306 valence electrons. The van der Waals surface area contributed by atoms with Crippen LogP contribution in [0.2, 0.25) is 0 Å². The van der Waals surface area contributed by atoms with Crippen molar-refractivity contribution < 1.29 is 9.47 Å². The lowest BCUT2D eigenvalue weighted by atomic mass is 9.86. The largest absolute Gasteiger partial charge is 0.497 e. The van der Waals surface area contributed by atoms with Crippen LogP contribution in [-0.4, -0.2) is 20.3 Å². The molecule has 4 nitrogen and oxygen atoms in total. The molecule has 0 aliphatic rings. The van der Waals surface area contributed by atoms with Gasteiger partial charge in [0.15, 0.2) is 0 Å². The minimum Gasteiger partial charge on any atom is -0.497 e. The van der Waals surface area contributed by atoms with Crippen molar-refractivity contribution in [1.82, 2.24) is 0 Å². The predicted octanol–water partition coefficient (Wildman–Crippen LogP) is 16.1. The third-order valence-electron chi connectivity index (χ3n) is 11.5. The van der Waals surface area contributed by atoms with Gasteiger partial charge in [-0.1, -0.05) is 125 Å². The molecule has 1 heterocycles. The molecule has 1 atom stereocenters. The van der Waals surface area contributed by atoms with Gasteiger partial charge in [0.25, 0.3) is 0 Å². The molecule has 0 saturated heterocycles. The van der Waals surface area contributed by atoms with E-state index >= 15 is 0 Å². The minimum absolute atomic E-state index is 0.0747. The van der Waals surface area contributed by atoms with E-state index in [0.29, 0.717) is 6.04 Å². The summed E-state index contributed by atoms with van der Waals surface area (Å²) < 4.78 is 11.0. The van der Waals surface area contributed by atoms with Gasteiger partial charge in [-0.15, -0.1) is 11.3 Å². The Morgan fingerprint density at radius 1 is 0.459 bits per heavy atom. The number of rotatable bonds is 13. The number of hydrogen-bond donors (Lipinski definition) is 0. The highest BCUT2D eigenvalue weighted by molar-refractivity contribution is 7.20. The summed E-state index contributed by atoms with van der Waals surface area (Å²) in [5.41, 5.74) is 14.2. The molecule has 0 N–H and O–H groups in total. The smallest absolute Gasteiger partial charge is 0.119 e. The first-order chi connectivity index (χ1) is 29.7. The Kier molecular flexibility index (Phi) is 12.1. The van der Waals surface area contributed by atoms with E-state index in [0.717, 1.165) is 46.4 Å². The van der Waals surface area contributed by atoms with Gasteiger partial charge in [0.1, 0.15) is 11.5 Å². The molecule has 0 fully saturated rings. The maximum absolute atomic E-state index is 5.57. The van der Waals surface area contributed by atoms with Crippen molar-refractivity contribution in [2.45, 2.75) is 52.5 Å². The highest BCUT2D eigenvalue weighted by Crippen LogP contribution is 2.52. The second-order valence-electron chi connectivity index (χ2n) is 16.5. The van der Waals surface area contributed by atoms with Crippen molar-refractivity contribution in [3.8, 4) is 54.6 Å². The molecular weight excluding hydrogens is 765 g/mol. The van der Waals surface area contributed by atoms with Gasteiger partial charge in [-0.3, -0.25) is 0 Å². The topological polar surface area (TPSA) is 24.9 Å². The molecule has 0 saturated carbocycles. The first-order valence-corrected chi connectivity index (χ1v) is 21.9. The normalized spacial score (nSPS) is 11.9. The molecule has 1 aromatic heterocycles. The average Bonchev–Trinajstić information content (AvgIpc) is 3.71. The predicted molar refractivity (Wildman–Crippen MR) is 261 cm³/mol. The zero-order valence-corrected chi connectivity index (χ0v) is 37.0. The Morgan fingerprint density at radius 3 is 1.21 bits per heavy atom. The molecule has 8 rings (SSSR count). The molecule has 7 aromatic carbocycles. The van der Waals surface area contributed by atoms with Crippen LogP contribution in [0.4, 0.5) is 28.4 Å². The molecule has 61 heavy (non-hydrogen) atoms. The van der Waals surface area contributed by atoms with Gasteiger partial charge in [-0.05, 0) is 132 Å². The Bertz CT molecular complexity index is 2650. The van der Waals surface area contributed by atoms with Gasteiger partial charge in [-0.2, -0.15) is 0 Å². The third kappa shape index (κ3) is 8.71. The van der Waals surface area contributed by atoms with Crippen LogP contribution < -0.4 is 19.3 Å². The highest BCUT2D eigenvalue weighted by atomic mass is 32.1. The van der Waals surface area contributed by atoms with E-state index in [2.05, 4.69) is 202 Å². The summed E-state index contributed by atoms with van der Waals surface area (Å²) in [7, 11) is 3.41. The minimum atomic E-state index is 0.0747. The van der Waals surface area contributed by atoms with E-state index in [1.165, 1.54) is 48.7 Å². The van der Waals surface area contributed by atoms with Crippen LogP contribution in [0.5, 0.6) is 11.5 Å². The molecule has 0 bridgehead atoms. The second kappa shape index (κ2) is 18.0. The van der Waals surface area contributed by atoms with E-state index in [1.54, 1.807) is 14.2 Å². The lowest BCUT2D eigenvalue weighted by Crippen LogP contribution is -2.27. The van der Waals surface area contributed by atoms with Gasteiger partial charge in [0.2, 0.25) is 0 Å². The molecule has 5 heteroatoms. The van der Waals surface area contributed by atoms with E-state index < -0.39 is 0 Å². The molecule has 1 unspecified atom stereocenters. The summed E-state index contributed by atoms with van der Waals surface area (Å²) in [5, 5.41) is 0. The van der Waals surface area contributed by atoms with Crippen LogP contribution in [0.15, 0.2) is 182 Å². The summed E-state index contributed by atoms with van der Waals surface area (Å²) in [4.78, 5) is 7.23. The van der Waals surface area contributed by atoms with Crippen molar-refractivity contribution >= 4 is 39.8 Å². The van der Waals surface area contributed by atoms with Crippen molar-refractivity contribution in [1.29, 1.82) is 0 Å². The van der Waals surface area contributed by atoms with Crippen LogP contribution in [0.3, 0.4) is 0 Å². The van der Waals surface area contributed by atoms with Crippen molar-refractivity contribution in [2.24, 2.45) is 0 Å². The fourth-order valence-corrected chi connectivity index (χ4v) is 9.36. The molecule has 0 amide bonds. The van der Waals surface area contributed by atoms with Gasteiger partial charge < -0.3 is 19.3 Å². The molecular formula is C56H54N2O2S. The summed E-state index contributed by atoms with van der Waals surface area (Å²) >= 11 is 1.88. The number of nitrogens with zero attached hydrogens (tertiary/aromatic N) is 2. The van der Waals surface area contributed by atoms with E-state index in [-0.39, 0.29) is 5.41 Å². The fourth-order valence-electron chi connectivity index (χ4n) is 8.01. The second-order valence-corrected chi connectivity index (χ2v) is 17.5. The van der Waals surface area contributed by atoms with Crippen LogP contribution in [0, 0.1) is 0 Å². The van der Waals surface area contributed by atoms with E-state index in [1.807, 2.05) is 35.6 Å². The number of methoxy groups -OCH3 is 2. The Morgan fingerprint density at radius 2 is 0.820 bits per heavy atom. The van der Waals surface area contributed by atoms with Crippen molar-refractivity contribution in [3.63, 3.8) is 0 Å². The number of hydrogen-bond acceptors (Lipinski definition) is 5. The van der Waals surface area contributed by atoms with E-state index in [4.69, 9.17) is 9.47 Å². The van der Waals surface area contributed by atoms with Crippen LogP contribution >= 0.6 is 11.3 Å². The summed E-state index contributed by atoms with van der Waals surface area (Å²) in [5.74, 6) is 1.67. The molecule has 0 aliphatic carbocycles. The van der Waals surface area contributed by atoms with Crippen molar-refractivity contribution in [3.05, 3.63) is 188 Å². The SMILES string of the molecule is CCC(C)N(c1ccc(OC)cc1)c1ccc(N(c2ccc(OC)cc2)c2ccc(-c3sc(-c4ccc(C(C)(C)C)cc4)c(-c4ccccc4)c3-c3ccccc3)cc2)cc1. The molecule has 8 aromatic rings. The van der Waals surface area contributed by atoms with Gasteiger partial charge in [-0.25, -0.2) is 0 Å². The fraction of sp³-hybridized carbons (Fsp3) is 0.179. The van der Waals surface area contributed by atoms with Crippen LogP contribution in [-0.2, 0) is 5.41 Å². The van der Waals surface area contributed by atoms with Crippen LogP contribution in [0.1, 0.15) is 46.6 Å². The summed E-state index contributed by atoms with van der Waals surface area (Å²) in [6.45, 7) is 11.3. The monoisotopic (exact) mass is 818 g/mol. The highest BCUT2D eigenvalue weighted by Gasteiger charge is 2.25. The lowest BCUT2D eigenvalue weighted by Gasteiger charge is -2.32.